The van der Waals surface area contributed by atoms with E-state index in [1.807, 2.05) is 24.3 Å². The van der Waals surface area contributed by atoms with E-state index in [1.165, 1.54) is 0 Å². The van der Waals surface area contributed by atoms with Crippen LogP contribution in [0.25, 0.3) is 18.3 Å². The molecule has 1 aromatic rings. The van der Waals surface area contributed by atoms with Crippen LogP contribution in [0.3, 0.4) is 0 Å². The first kappa shape index (κ1) is 14.6. The maximum Gasteiger partial charge on any atom is 0.0791 e. The van der Waals surface area contributed by atoms with E-state index in [4.69, 9.17) is 0 Å². The van der Waals surface area contributed by atoms with Crippen molar-refractivity contribution in [3.8, 4) is 0 Å². The van der Waals surface area contributed by atoms with Gasteiger partial charge in [0.15, 0.2) is 0 Å². The fourth-order valence-electron chi connectivity index (χ4n) is 0.902. The monoisotopic (exact) mass is 355 g/mol. The largest absolute Gasteiger partial charge is 0.870 e. The van der Waals surface area contributed by atoms with Gasteiger partial charge in [0, 0.05) is 38.9 Å². The van der Waals surface area contributed by atoms with Crippen molar-refractivity contribution in [3.63, 3.8) is 0 Å². The Bertz CT molecular complexity index is 329. The maximum atomic E-state index is 4.13. The van der Waals surface area contributed by atoms with Crippen molar-refractivity contribution in [2.45, 2.75) is 0 Å². The van der Waals surface area contributed by atoms with E-state index < -0.39 is 0 Å². The Morgan fingerprint density at radius 1 is 1.15 bits per heavy atom. The van der Waals surface area contributed by atoms with Gasteiger partial charge in [-0.25, -0.2) is 0 Å². The molecule has 3 N–H and O–H groups in total. The van der Waals surface area contributed by atoms with E-state index in [1.54, 1.807) is 6.20 Å². The van der Waals surface area contributed by atoms with Crippen LogP contribution in [-0.4, -0.2) is 10.5 Å². The molecule has 1 aromatic heterocycles. The molecule has 0 radical (unpaired) electrons. The van der Waals surface area contributed by atoms with Crippen LogP contribution < -0.4 is 0 Å². The molecule has 3 nitrogen and oxygen atoms in total. The number of fused-ring (bicyclic) bond motifs is 1. The molecular weight excluding hydrogens is 347 g/mol. The van der Waals surface area contributed by atoms with Crippen molar-refractivity contribution >= 4 is 12.2 Å². The number of rotatable bonds is 0. The van der Waals surface area contributed by atoms with Gasteiger partial charge in [-0.1, -0.05) is 17.5 Å². The van der Waals surface area contributed by atoms with Gasteiger partial charge in [-0.05, 0) is 12.1 Å². The number of aromatic nitrogens is 1. The summed E-state index contributed by atoms with van der Waals surface area (Å²) in [6.45, 7) is 0. The number of hydrogen-bond donors (Lipinski definition) is 0. The van der Waals surface area contributed by atoms with Gasteiger partial charge in [-0.15, -0.1) is 0 Å². The second-order valence-electron chi connectivity index (χ2n) is 2.06. The van der Waals surface area contributed by atoms with E-state index >= 15 is 0 Å². The molecule has 1 aliphatic rings. The first-order valence-electron chi connectivity index (χ1n) is 3.09. The fourth-order valence-corrected chi connectivity index (χ4v) is 0.902. The van der Waals surface area contributed by atoms with Crippen LogP contribution in [0.2, 0.25) is 0 Å². The van der Waals surface area contributed by atoms with Gasteiger partial charge in [0.05, 0.1) is 5.69 Å². The summed E-state index contributed by atoms with van der Waals surface area (Å²) in [5, 5.41) is 0. The van der Waals surface area contributed by atoms with Gasteiger partial charge >= 0.3 is 0 Å². The third-order valence-electron chi connectivity index (χ3n) is 1.39. The molecule has 0 spiro atoms. The molecule has 1 aliphatic carbocycles. The third-order valence-corrected chi connectivity index (χ3v) is 1.39. The predicted molar refractivity (Wildman–Crippen MR) is 47.4 cm³/mol. The Labute approximate surface area is 91.0 Å². The smallest absolute Gasteiger partial charge is 0.0791 e. The van der Waals surface area contributed by atoms with Gasteiger partial charge in [-0.3, -0.25) is 4.98 Å². The van der Waals surface area contributed by atoms with Gasteiger partial charge in [-0.2, -0.15) is 0 Å². The quantitative estimate of drug-likeness (QED) is 0.681. The van der Waals surface area contributed by atoms with Crippen molar-refractivity contribution < 1.29 is 26.5 Å². The van der Waals surface area contributed by atoms with Crippen LogP contribution in [0, 0.1) is 0 Å². The summed E-state index contributed by atoms with van der Waals surface area (Å²) in [5.41, 5.74) is 7.80. The van der Waals surface area contributed by atoms with Crippen molar-refractivity contribution in [1.82, 2.24) is 4.98 Å². The molecule has 4 heteroatoms. The number of nitrogens with two attached hydrogens (primary N) is 1. The molecule has 1 heterocycles. The molecule has 0 saturated carbocycles. The SMILES string of the molecule is C1=C=Cc2ncccc2C=1.[NH2-].[OH-].[Pt]. The number of hydrogen-bond acceptors (Lipinski definition) is 2. The van der Waals surface area contributed by atoms with Crippen LogP contribution in [-0.2, 0) is 21.1 Å². The summed E-state index contributed by atoms with van der Waals surface area (Å²) in [6.07, 6.45) is 5.48. The molecule has 0 atom stereocenters. The second kappa shape index (κ2) is 6.56. The summed E-state index contributed by atoms with van der Waals surface area (Å²) >= 11 is 0. The molecule has 0 saturated heterocycles. The van der Waals surface area contributed by atoms with Crippen LogP contribution in [0.4, 0.5) is 0 Å². The summed E-state index contributed by atoms with van der Waals surface area (Å²) in [5.74, 6) is 0. The fraction of sp³-hybridized carbons (Fsp3) is 0. The molecule has 72 valence electrons. The first-order chi connectivity index (χ1) is 4.97. The Morgan fingerprint density at radius 2 is 1.85 bits per heavy atom. The van der Waals surface area contributed by atoms with Gasteiger partial charge < -0.3 is 11.6 Å². The van der Waals surface area contributed by atoms with E-state index in [-0.39, 0.29) is 32.7 Å². The Morgan fingerprint density at radius 3 is 2.54 bits per heavy atom. The molecule has 2 rings (SSSR count). The average molecular weight is 355 g/mol. The predicted octanol–water partition coefficient (Wildman–Crippen LogP) is 2.41. The molecule has 0 unspecified atom stereocenters. The van der Waals surface area contributed by atoms with Crippen molar-refractivity contribution in [1.29, 1.82) is 0 Å². The van der Waals surface area contributed by atoms with Crippen LogP contribution >= 0.6 is 0 Å². The minimum Gasteiger partial charge on any atom is -0.870 e. The Kier molecular flexibility index (Phi) is 7.36. The zero-order valence-corrected chi connectivity index (χ0v) is 8.95. The van der Waals surface area contributed by atoms with E-state index in [0.717, 1.165) is 11.3 Å². The minimum absolute atomic E-state index is 0. The third kappa shape index (κ3) is 3.12. The normalized spacial score (nSPS) is 8.92. The molecular formula is C9H8N2OPt-2. The van der Waals surface area contributed by atoms with Gasteiger partial charge in [0.1, 0.15) is 0 Å². The summed E-state index contributed by atoms with van der Waals surface area (Å²) in [4.78, 5) is 4.13. The molecule has 0 aromatic carbocycles. The maximum absolute atomic E-state index is 4.13. The summed E-state index contributed by atoms with van der Waals surface area (Å²) in [6, 6.07) is 3.92. The zero-order chi connectivity index (χ0) is 6.81. The molecule has 13 heavy (non-hydrogen) atoms. The standard InChI is InChI=1S/C9H5N.H2N.H2O.Pt/c1-2-6-9-8(4-1)5-3-7-10-9;;;/h3-7H;2*1H2;/q;-1;;/p-1. The minimum atomic E-state index is 0. The first-order valence-corrected chi connectivity index (χ1v) is 3.09. The Balaban J connectivity index is 0. The summed E-state index contributed by atoms with van der Waals surface area (Å²) in [7, 11) is 0. The van der Waals surface area contributed by atoms with Gasteiger partial charge in [0.2, 0.25) is 0 Å². The van der Waals surface area contributed by atoms with Crippen molar-refractivity contribution in [2.75, 3.05) is 0 Å². The van der Waals surface area contributed by atoms with Crippen LogP contribution in [0.5, 0.6) is 0 Å². The Hall–Kier alpha value is -0.942. The molecule has 0 fully saturated rings. The molecule has 0 amide bonds. The molecule has 0 bridgehead atoms. The second-order valence-corrected chi connectivity index (χ2v) is 2.06. The van der Waals surface area contributed by atoms with E-state index in [9.17, 15) is 0 Å². The summed E-state index contributed by atoms with van der Waals surface area (Å²) < 4.78 is 0. The van der Waals surface area contributed by atoms with Crippen LogP contribution in [0.15, 0.2) is 29.8 Å². The topological polar surface area (TPSA) is 76.4 Å². The van der Waals surface area contributed by atoms with Crippen LogP contribution in [0.1, 0.15) is 11.3 Å². The zero-order valence-electron chi connectivity index (χ0n) is 6.67. The van der Waals surface area contributed by atoms with E-state index in [0.29, 0.717) is 0 Å². The van der Waals surface area contributed by atoms with Crippen molar-refractivity contribution in [2.24, 2.45) is 0 Å². The molecule has 0 aliphatic heterocycles. The average Bonchev–Trinajstić information content (AvgIpc) is 2.05. The van der Waals surface area contributed by atoms with E-state index in [2.05, 4.69) is 16.4 Å². The number of nitrogens with zero attached hydrogens (tertiary/aromatic N) is 1. The van der Waals surface area contributed by atoms with Crippen molar-refractivity contribution in [3.05, 3.63) is 47.2 Å². The number of pyridine rings is 1. The van der Waals surface area contributed by atoms with Gasteiger partial charge in [0.25, 0.3) is 0 Å².